The number of halogens is 2. The number of aromatic nitrogens is 3. The summed E-state index contributed by atoms with van der Waals surface area (Å²) >= 11 is 0. The third kappa shape index (κ3) is 4.14. The number of furan rings is 1. The maximum Gasteiger partial charge on any atom is 0.177 e. The molecule has 0 aromatic carbocycles. The lowest BCUT2D eigenvalue weighted by atomic mass is 10.0. The lowest BCUT2D eigenvalue weighted by Gasteiger charge is -2.22. The van der Waals surface area contributed by atoms with Gasteiger partial charge in [-0.2, -0.15) is 5.10 Å². The summed E-state index contributed by atoms with van der Waals surface area (Å²) in [6.45, 7) is 3.92. The number of rotatable bonds is 3. The molecule has 0 bridgehead atoms. The highest BCUT2D eigenvalue weighted by molar-refractivity contribution is 5.99. The number of piperidine rings is 1. The predicted molar refractivity (Wildman–Crippen MR) is 121 cm³/mol. The molecule has 1 fully saturated rings. The van der Waals surface area contributed by atoms with Crippen molar-refractivity contribution in [1.29, 1.82) is 0 Å². The van der Waals surface area contributed by atoms with Gasteiger partial charge in [-0.3, -0.25) is 4.68 Å². The van der Waals surface area contributed by atoms with Crippen molar-refractivity contribution in [3.8, 4) is 11.1 Å². The molecule has 156 valence electrons. The van der Waals surface area contributed by atoms with Gasteiger partial charge in [-0.15, -0.1) is 24.8 Å². The minimum Gasteiger partial charge on any atom is -0.453 e. The Morgan fingerprint density at radius 3 is 2.69 bits per heavy atom. The minimum absolute atomic E-state index is 0. The largest absolute Gasteiger partial charge is 0.453 e. The molecule has 5 heterocycles. The molecule has 0 radical (unpaired) electrons. The second-order valence-electron chi connectivity index (χ2n) is 7.28. The van der Waals surface area contributed by atoms with Gasteiger partial charge in [0.25, 0.3) is 0 Å². The van der Waals surface area contributed by atoms with Crippen LogP contribution in [-0.2, 0) is 0 Å². The quantitative estimate of drug-likeness (QED) is 0.582. The van der Waals surface area contributed by atoms with Crippen molar-refractivity contribution in [2.75, 3.05) is 31.9 Å². The number of nitrogens with two attached hydrogens (primary N) is 1. The third-order valence-electron chi connectivity index (χ3n) is 5.56. The molecule has 1 saturated heterocycles. The average molecular weight is 437 g/mol. The zero-order chi connectivity index (χ0) is 18.2. The average Bonchev–Trinajstić information content (AvgIpc) is 3.38. The molecule has 3 aromatic rings. The van der Waals surface area contributed by atoms with Crippen LogP contribution in [0, 0.1) is 0 Å². The van der Waals surface area contributed by atoms with Gasteiger partial charge in [0.2, 0.25) is 0 Å². The Hall–Kier alpha value is -2.06. The fraction of sp³-hybridized carbons (Fsp3) is 0.400. The fourth-order valence-corrected chi connectivity index (χ4v) is 4.03. The zero-order valence-electron chi connectivity index (χ0n) is 16.1. The van der Waals surface area contributed by atoms with Gasteiger partial charge < -0.3 is 20.8 Å². The molecule has 9 heteroatoms. The van der Waals surface area contributed by atoms with Crippen LogP contribution in [0.2, 0.25) is 0 Å². The summed E-state index contributed by atoms with van der Waals surface area (Å²) < 4.78 is 8.20. The SMILES string of the molecule is Cl.Cl.Nc1ncc(-c2cnn(C3CCNCC3)c2)c2cc(C3=CCNCC3)oc12. The maximum atomic E-state index is 6.10. The molecule has 0 saturated carbocycles. The summed E-state index contributed by atoms with van der Waals surface area (Å²) in [6, 6.07) is 2.55. The number of nitrogens with zero attached hydrogens (tertiary/aromatic N) is 3. The highest BCUT2D eigenvalue weighted by atomic mass is 35.5. The van der Waals surface area contributed by atoms with E-state index >= 15 is 0 Å². The summed E-state index contributed by atoms with van der Waals surface area (Å²) in [5.41, 5.74) is 10.1. The lowest BCUT2D eigenvalue weighted by molar-refractivity contribution is 0.343. The van der Waals surface area contributed by atoms with Crippen LogP contribution < -0.4 is 16.4 Å². The smallest absolute Gasteiger partial charge is 0.177 e. The number of anilines is 1. The van der Waals surface area contributed by atoms with Crippen LogP contribution >= 0.6 is 24.8 Å². The van der Waals surface area contributed by atoms with Crippen molar-refractivity contribution in [3.63, 3.8) is 0 Å². The summed E-state index contributed by atoms with van der Waals surface area (Å²) in [5, 5.41) is 12.4. The van der Waals surface area contributed by atoms with Crippen LogP contribution in [0.15, 0.2) is 35.2 Å². The predicted octanol–water partition coefficient (Wildman–Crippen LogP) is 3.42. The molecule has 2 aliphatic heterocycles. The first-order valence-electron chi connectivity index (χ1n) is 9.63. The molecule has 0 aliphatic carbocycles. The topological polar surface area (TPSA) is 93.9 Å². The molecule has 4 N–H and O–H groups in total. The van der Waals surface area contributed by atoms with Crippen LogP contribution in [0.4, 0.5) is 5.82 Å². The Balaban J connectivity index is 0.00000120. The Morgan fingerprint density at radius 1 is 1.10 bits per heavy atom. The summed E-state index contributed by atoms with van der Waals surface area (Å²) in [7, 11) is 0. The van der Waals surface area contributed by atoms with Gasteiger partial charge in [-0.1, -0.05) is 6.08 Å². The first-order chi connectivity index (χ1) is 13.3. The van der Waals surface area contributed by atoms with Gasteiger partial charge in [-0.25, -0.2) is 4.98 Å². The van der Waals surface area contributed by atoms with E-state index in [0.717, 1.165) is 67.7 Å². The van der Waals surface area contributed by atoms with E-state index in [0.29, 0.717) is 17.4 Å². The molecule has 7 nitrogen and oxygen atoms in total. The van der Waals surface area contributed by atoms with Gasteiger partial charge >= 0.3 is 0 Å². The third-order valence-corrected chi connectivity index (χ3v) is 5.56. The molecule has 2 aliphatic rings. The van der Waals surface area contributed by atoms with E-state index in [4.69, 9.17) is 10.2 Å². The van der Waals surface area contributed by atoms with Crippen molar-refractivity contribution < 1.29 is 4.42 Å². The molecule has 0 atom stereocenters. The van der Waals surface area contributed by atoms with Crippen molar-refractivity contribution in [2.24, 2.45) is 0 Å². The van der Waals surface area contributed by atoms with Crippen LogP contribution in [0.25, 0.3) is 27.7 Å². The van der Waals surface area contributed by atoms with Crippen molar-refractivity contribution in [3.05, 3.63) is 36.5 Å². The molecule has 0 spiro atoms. The van der Waals surface area contributed by atoms with Crippen LogP contribution in [0.1, 0.15) is 31.1 Å². The van der Waals surface area contributed by atoms with E-state index < -0.39 is 0 Å². The van der Waals surface area contributed by atoms with Gasteiger partial charge in [0.05, 0.1) is 12.2 Å². The molecule has 5 rings (SSSR count). The molecule has 29 heavy (non-hydrogen) atoms. The normalized spacial score (nSPS) is 17.4. The van der Waals surface area contributed by atoms with Crippen LogP contribution in [0.3, 0.4) is 0 Å². The zero-order valence-corrected chi connectivity index (χ0v) is 17.7. The van der Waals surface area contributed by atoms with Crippen molar-refractivity contribution >= 4 is 47.2 Å². The highest BCUT2D eigenvalue weighted by Crippen LogP contribution is 2.36. The Morgan fingerprint density at radius 2 is 1.93 bits per heavy atom. The highest BCUT2D eigenvalue weighted by Gasteiger charge is 2.19. The van der Waals surface area contributed by atoms with E-state index in [9.17, 15) is 0 Å². The standard InChI is InChI=1S/C20H24N6O.2ClH/c21-20-19-16(9-18(27-19)13-1-5-22-6-2-13)17(11-24-20)14-10-25-26(12-14)15-3-7-23-8-4-15;;/h1,9-12,15,22-23H,2-8H2,(H2,21,24);2*1H. The molecular formula is C20H26Cl2N6O. The number of fused-ring (bicyclic) bond motifs is 1. The van der Waals surface area contributed by atoms with E-state index in [1.54, 1.807) is 0 Å². The number of pyridine rings is 1. The van der Waals surface area contributed by atoms with Gasteiger partial charge in [0.15, 0.2) is 11.4 Å². The summed E-state index contributed by atoms with van der Waals surface area (Å²) in [5.74, 6) is 1.32. The lowest BCUT2D eigenvalue weighted by Crippen LogP contribution is -2.29. The molecule has 0 unspecified atom stereocenters. The second kappa shape index (κ2) is 9.17. The van der Waals surface area contributed by atoms with E-state index in [-0.39, 0.29) is 24.8 Å². The number of hydrogen-bond donors (Lipinski definition) is 3. The number of hydrogen-bond acceptors (Lipinski definition) is 6. The fourth-order valence-electron chi connectivity index (χ4n) is 4.03. The van der Waals surface area contributed by atoms with Gasteiger partial charge in [-0.05, 0) is 50.5 Å². The van der Waals surface area contributed by atoms with Crippen molar-refractivity contribution in [2.45, 2.75) is 25.3 Å². The molecular weight excluding hydrogens is 411 g/mol. The number of nitrogens with one attached hydrogen (secondary N) is 2. The minimum atomic E-state index is 0. The van der Waals surface area contributed by atoms with E-state index in [1.807, 2.05) is 12.4 Å². The Labute approximate surface area is 181 Å². The summed E-state index contributed by atoms with van der Waals surface area (Å²) in [6.07, 6.45) is 11.2. The Kier molecular flexibility index (Phi) is 6.85. The van der Waals surface area contributed by atoms with Crippen molar-refractivity contribution in [1.82, 2.24) is 25.4 Å². The first kappa shape index (κ1) is 21.6. The number of nitrogen functional groups attached to an aromatic ring is 1. The monoisotopic (exact) mass is 436 g/mol. The molecule has 0 amide bonds. The van der Waals surface area contributed by atoms with E-state index in [1.165, 1.54) is 5.57 Å². The van der Waals surface area contributed by atoms with Crippen LogP contribution in [0.5, 0.6) is 0 Å². The van der Waals surface area contributed by atoms with Gasteiger partial charge in [0, 0.05) is 35.5 Å². The summed E-state index contributed by atoms with van der Waals surface area (Å²) in [4.78, 5) is 4.37. The Bertz CT molecular complexity index is 1010. The maximum absolute atomic E-state index is 6.10. The molecule has 3 aromatic heterocycles. The van der Waals surface area contributed by atoms with E-state index in [2.05, 4.69) is 43.7 Å². The van der Waals surface area contributed by atoms with Gasteiger partial charge in [0.1, 0.15) is 5.76 Å². The first-order valence-corrected chi connectivity index (χ1v) is 9.63. The van der Waals surface area contributed by atoms with Crippen LogP contribution in [-0.4, -0.2) is 40.9 Å². The second-order valence-corrected chi connectivity index (χ2v) is 7.28.